The molecule has 16 heavy (non-hydrogen) atoms. The average molecular weight is 251 g/mol. The zero-order valence-electron chi connectivity index (χ0n) is 9.51. The fourth-order valence-corrected chi connectivity index (χ4v) is 4.19. The summed E-state index contributed by atoms with van der Waals surface area (Å²) in [5.41, 5.74) is 0. The molecule has 5 nitrogen and oxygen atoms in total. The Hall–Kier alpha value is -0.170. The fraction of sp³-hybridized carbons (Fsp3) is 1.00. The summed E-state index contributed by atoms with van der Waals surface area (Å²) in [6.45, 7) is -0.239. The maximum absolute atomic E-state index is 12.2. The average Bonchev–Trinajstić information content (AvgIpc) is 2.30. The van der Waals surface area contributed by atoms with Crippen molar-refractivity contribution in [3.63, 3.8) is 0 Å². The molecule has 1 aliphatic rings. The van der Waals surface area contributed by atoms with E-state index in [2.05, 4.69) is 0 Å². The van der Waals surface area contributed by atoms with Crippen LogP contribution >= 0.6 is 0 Å². The topological polar surface area (TPSA) is 77.8 Å². The third-order valence-corrected chi connectivity index (χ3v) is 5.43. The Morgan fingerprint density at radius 2 is 1.50 bits per heavy atom. The zero-order valence-corrected chi connectivity index (χ0v) is 10.3. The lowest BCUT2D eigenvalue weighted by Crippen LogP contribution is -2.42. The van der Waals surface area contributed by atoms with Gasteiger partial charge < -0.3 is 10.2 Å². The van der Waals surface area contributed by atoms with E-state index in [9.17, 15) is 8.42 Å². The molecule has 1 fully saturated rings. The number of nitrogens with zero attached hydrogens (tertiary/aromatic N) is 1. The van der Waals surface area contributed by atoms with Gasteiger partial charge in [-0.05, 0) is 12.8 Å². The first-order chi connectivity index (χ1) is 7.62. The summed E-state index contributed by atoms with van der Waals surface area (Å²) < 4.78 is 25.5. The van der Waals surface area contributed by atoms with Crippen molar-refractivity contribution in [2.24, 2.45) is 0 Å². The summed E-state index contributed by atoms with van der Waals surface area (Å²) in [4.78, 5) is 0. The van der Waals surface area contributed by atoms with Crippen molar-refractivity contribution in [3.05, 3.63) is 0 Å². The van der Waals surface area contributed by atoms with Crippen molar-refractivity contribution in [2.75, 3.05) is 26.3 Å². The lowest BCUT2D eigenvalue weighted by molar-refractivity contribution is 0.215. The molecular formula is C10H21NO4S. The summed E-state index contributed by atoms with van der Waals surface area (Å²) in [5.74, 6) is 0. The second kappa shape index (κ2) is 6.54. The van der Waals surface area contributed by atoms with Crippen molar-refractivity contribution in [2.45, 2.75) is 37.4 Å². The maximum Gasteiger partial charge on any atom is 0.217 e. The first kappa shape index (κ1) is 13.9. The smallest absolute Gasteiger partial charge is 0.217 e. The molecule has 6 heteroatoms. The van der Waals surface area contributed by atoms with Crippen molar-refractivity contribution in [1.29, 1.82) is 0 Å². The van der Waals surface area contributed by atoms with Crippen molar-refractivity contribution >= 4 is 10.0 Å². The molecule has 0 heterocycles. The lowest BCUT2D eigenvalue weighted by atomic mass is 10.0. The van der Waals surface area contributed by atoms with E-state index >= 15 is 0 Å². The minimum atomic E-state index is -3.34. The zero-order chi connectivity index (χ0) is 12.0. The van der Waals surface area contributed by atoms with E-state index < -0.39 is 10.0 Å². The largest absolute Gasteiger partial charge is 0.395 e. The number of hydrogen-bond acceptors (Lipinski definition) is 4. The molecule has 0 aromatic heterocycles. The van der Waals surface area contributed by atoms with Crippen LogP contribution in [0.5, 0.6) is 0 Å². The third kappa shape index (κ3) is 3.41. The lowest BCUT2D eigenvalue weighted by Gasteiger charge is -2.28. The van der Waals surface area contributed by atoms with Gasteiger partial charge in [0.25, 0.3) is 0 Å². The van der Waals surface area contributed by atoms with Crippen LogP contribution in [0.1, 0.15) is 32.1 Å². The summed E-state index contributed by atoms with van der Waals surface area (Å²) >= 11 is 0. The molecule has 0 radical (unpaired) electrons. The van der Waals surface area contributed by atoms with Gasteiger partial charge in [0.2, 0.25) is 10.0 Å². The predicted octanol–water partition coefficient (Wildman–Crippen LogP) is -0.0645. The molecule has 0 saturated heterocycles. The second-order valence-electron chi connectivity index (χ2n) is 4.15. The Morgan fingerprint density at radius 3 is 1.94 bits per heavy atom. The van der Waals surface area contributed by atoms with Crippen LogP contribution in [0.3, 0.4) is 0 Å². The molecule has 0 amide bonds. The summed E-state index contributed by atoms with van der Waals surface area (Å²) in [6.07, 6.45) is 4.42. The first-order valence-electron chi connectivity index (χ1n) is 5.83. The molecule has 96 valence electrons. The number of aliphatic hydroxyl groups is 2. The predicted molar refractivity (Wildman–Crippen MR) is 61.5 cm³/mol. The van der Waals surface area contributed by atoms with Crippen molar-refractivity contribution < 1.29 is 18.6 Å². The van der Waals surface area contributed by atoms with Gasteiger partial charge in [-0.2, -0.15) is 4.31 Å². The third-order valence-electron chi connectivity index (χ3n) is 3.03. The SMILES string of the molecule is O=S(=O)(C1CCCCC1)N(CCO)CCO. The van der Waals surface area contributed by atoms with Gasteiger partial charge in [-0.3, -0.25) is 0 Å². The van der Waals surface area contributed by atoms with Crippen LogP contribution < -0.4 is 0 Å². The Balaban J connectivity index is 2.70. The summed E-state index contributed by atoms with van der Waals surface area (Å²) in [7, 11) is -3.34. The highest BCUT2D eigenvalue weighted by molar-refractivity contribution is 7.89. The van der Waals surface area contributed by atoms with Gasteiger partial charge in [0, 0.05) is 13.1 Å². The van der Waals surface area contributed by atoms with Crippen LogP contribution in [0.15, 0.2) is 0 Å². The van der Waals surface area contributed by atoms with Gasteiger partial charge in [0.1, 0.15) is 0 Å². The number of aliphatic hydroxyl groups excluding tert-OH is 2. The molecular weight excluding hydrogens is 230 g/mol. The molecule has 1 rings (SSSR count). The van der Waals surface area contributed by atoms with Crippen LogP contribution in [0.2, 0.25) is 0 Å². The molecule has 0 spiro atoms. The van der Waals surface area contributed by atoms with E-state index in [1.54, 1.807) is 0 Å². The van der Waals surface area contributed by atoms with E-state index in [0.717, 1.165) is 19.3 Å². The highest BCUT2D eigenvalue weighted by atomic mass is 32.2. The standard InChI is InChI=1S/C10H21NO4S/c12-8-6-11(7-9-13)16(14,15)10-4-2-1-3-5-10/h10,12-13H,1-9H2. The van der Waals surface area contributed by atoms with E-state index in [0.29, 0.717) is 12.8 Å². The van der Waals surface area contributed by atoms with Crippen molar-refractivity contribution in [1.82, 2.24) is 4.31 Å². The van der Waals surface area contributed by atoms with Gasteiger partial charge in [-0.1, -0.05) is 19.3 Å². The molecule has 0 aliphatic heterocycles. The highest BCUT2D eigenvalue weighted by Crippen LogP contribution is 2.25. The summed E-state index contributed by atoms with van der Waals surface area (Å²) in [6, 6.07) is 0. The van der Waals surface area contributed by atoms with Crippen LogP contribution in [-0.4, -0.2) is 54.5 Å². The van der Waals surface area contributed by atoms with E-state index in [1.165, 1.54) is 4.31 Å². The summed E-state index contributed by atoms with van der Waals surface area (Å²) in [5, 5.41) is 17.4. The van der Waals surface area contributed by atoms with Gasteiger partial charge >= 0.3 is 0 Å². The van der Waals surface area contributed by atoms with Gasteiger partial charge in [-0.25, -0.2) is 8.42 Å². The van der Waals surface area contributed by atoms with Gasteiger partial charge in [0.05, 0.1) is 18.5 Å². The van der Waals surface area contributed by atoms with Gasteiger partial charge in [0.15, 0.2) is 0 Å². The van der Waals surface area contributed by atoms with E-state index in [4.69, 9.17) is 10.2 Å². The Morgan fingerprint density at radius 1 is 1.00 bits per heavy atom. The first-order valence-corrected chi connectivity index (χ1v) is 7.34. The monoisotopic (exact) mass is 251 g/mol. The maximum atomic E-state index is 12.2. The molecule has 0 aromatic carbocycles. The molecule has 1 aliphatic carbocycles. The molecule has 2 N–H and O–H groups in total. The van der Waals surface area contributed by atoms with Gasteiger partial charge in [-0.15, -0.1) is 0 Å². The van der Waals surface area contributed by atoms with Crippen LogP contribution in [-0.2, 0) is 10.0 Å². The molecule has 0 bridgehead atoms. The van der Waals surface area contributed by atoms with Crippen LogP contribution in [0.4, 0.5) is 0 Å². The van der Waals surface area contributed by atoms with Crippen molar-refractivity contribution in [3.8, 4) is 0 Å². The minimum Gasteiger partial charge on any atom is -0.395 e. The Kier molecular flexibility index (Phi) is 5.68. The van der Waals surface area contributed by atoms with E-state index in [1.807, 2.05) is 0 Å². The molecule has 0 unspecified atom stereocenters. The van der Waals surface area contributed by atoms with Crippen LogP contribution in [0, 0.1) is 0 Å². The Bertz CT molecular complexity index is 279. The fourth-order valence-electron chi connectivity index (χ4n) is 2.16. The minimum absolute atomic E-state index is 0.0827. The quantitative estimate of drug-likeness (QED) is 0.693. The normalized spacial score (nSPS) is 19.2. The Labute approximate surface area is 97.1 Å². The number of hydrogen-bond donors (Lipinski definition) is 2. The van der Waals surface area contributed by atoms with Crippen LogP contribution in [0.25, 0.3) is 0 Å². The second-order valence-corrected chi connectivity index (χ2v) is 6.36. The molecule has 1 saturated carbocycles. The highest BCUT2D eigenvalue weighted by Gasteiger charge is 2.32. The number of sulfonamides is 1. The molecule has 0 atom stereocenters. The number of rotatable bonds is 6. The molecule has 0 aromatic rings. The van der Waals surface area contributed by atoms with E-state index in [-0.39, 0.29) is 31.6 Å².